The molecule has 0 saturated heterocycles. The smallest absolute Gasteiger partial charge is 0.312 e. The van der Waals surface area contributed by atoms with Gasteiger partial charge in [0.15, 0.2) is 11.6 Å². The van der Waals surface area contributed by atoms with E-state index >= 15 is 0 Å². The van der Waals surface area contributed by atoms with Gasteiger partial charge in [-0.25, -0.2) is 0 Å². The minimum atomic E-state index is -0.669. The van der Waals surface area contributed by atoms with E-state index in [4.69, 9.17) is 9.84 Å². The molecule has 0 radical (unpaired) electrons. The number of Topliss-reactive ketones (excluding diaryl/α,β-unsaturated/α-hetero) is 1. The number of aliphatic hydroxyl groups excluding tert-OH is 1. The average Bonchev–Trinajstić information content (AvgIpc) is 2.88. The van der Waals surface area contributed by atoms with Gasteiger partial charge in [0.2, 0.25) is 0 Å². The first-order chi connectivity index (χ1) is 18.0. The third-order valence-electron chi connectivity index (χ3n) is 12.5. The van der Waals surface area contributed by atoms with Crippen molar-refractivity contribution < 1.29 is 29.7 Å². The molecule has 5 rings (SSSR count). The minimum absolute atomic E-state index is 0. The number of esters is 1. The quantitative estimate of drug-likeness (QED) is 0.444. The van der Waals surface area contributed by atoms with Gasteiger partial charge in [-0.1, -0.05) is 60.1 Å². The van der Waals surface area contributed by atoms with Crippen LogP contribution in [0.1, 0.15) is 93.4 Å². The highest BCUT2D eigenvalue weighted by Gasteiger charge is 2.71. The number of carbonyl (C=O) groups excluding carboxylic acids is 3. The van der Waals surface area contributed by atoms with Gasteiger partial charge in [-0.05, 0) is 79.1 Å². The fourth-order valence-corrected chi connectivity index (χ4v) is 10.2. The third kappa shape index (κ3) is 3.92. The van der Waals surface area contributed by atoms with Gasteiger partial charge in [-0.2, -0.15) is 5.26 Å². The summed E-state index contributed by atoms with van der Waals surface area (Å²) in [4.78, 5) is 40.9. The second-order valence-electron chi connectivity index (χ2n) is 14.9. The monoisotopic (exact) mass is 555 g/mol. The Hall–Kier alpha value is -2.30. The average molecular weight is 556 g/mol. The van der Waals surface area contributed by atoms with E-state index < -0.39 is 16.2 Å². The van der Waals surface area contributed by atoms with E-state index in [0.717, 1.165) is 57.6 Å². The molecule has 0 aromatic carbocycles. The lowest BCUT2D eigenvalue weighted by atomic mass is 9.34. The summed E-state index contributed by atoms with van der Waals surface area (Å²) in [5, 5.41) is 16.9. The third-order valence-corrected chi connectivity index (χ3v) is 12.5. The molecule has 222 valence electrons. The SMILES string of the molecule is CO.COC(=O)[C@@]12CCC(C)(C)C[C@@H]1[C@@H]1C(=O)C=C3[C@]4(C)C=C(C#N)C(=O)C(C)(C)[C@H]4CC[C@]3(C)[C@@]1(C)CC2.O. The van der Waals surface area contributed by atoms with E-state index in [2.05, 4.69) is 40.7 Å². The Morgan fingerprint density at radius 3 is 2.17 bits per heavy atom. The molecule has 0 aromatic rings. The normalized spacial score (nSPS) is 42.4. The number of hydrogen-bond acceptors (Lipinski definition) is 6. The zero-order chi connectivity index (χ0) is 29.4. The van der Waals surface area contributed by atoms with Crippen molar-refractivity contribution >= 4 is 17.5 Å². The topological polar surface area (TPSA) is 136 Å². The van der Waals surface area contributed by atoms with Crippen LogP contribution in [0.5, 0.6) is 0 Å². The largest absolute Gasteiger partial charge is 0.469 e. The summed E-state index contributed by atoms with van der Waals surface area (Å²) in [7, 11) is 2.48. The maximum atomic E-state index is 14.4. The highest BCUT2D eigenvalue weighted by Crippen LogP contribution is 2.74. The number of aliphatic hydroxyl groups is 1. The van der Waals surface area contributed by atoms with Crippen molar-refractivity contribution in [2.45, 2.75) is 93.4 Å². The van der Waals surface area contributed by atoms with Crippen LogP contribution in [0.4, 0.5) is 0 Å². The predicted octanol–water partition coefficient (Wildman–Crippen LogP) is 5.16. The summed E-state index contributed by atoms with van der Waals surface area (Å²) in [5.41, 5.74) is -1.02. The molecular formula is C33H49NO6. The lowest BCUT2D eigenvalue weighted by Crippen LogP contribution is -2.65. The van der Waals surface area contributed by atoms with Crippen molar-refractivity contribution in [3.63, 3.8) is 0 Å². The summed E-state index contributed by atoms with van der Waals surface area (Å²) in [6.07, 6.45) is 9.65. The van der Waals surface area contributed by atoms with Gasteiger partial charge >= 0.3 is 5.97 Å². The fraction of sp³-hybridized carbons (Fsp3) is 0.758. The van der Waals surface area contributed by atoms with Crippen LogP contribution in [0.15, 0.2) is 23.3 Å². The van der Waals surface area contributed by atoms with Crippen molar-refractivity contribution in [1.82, 2.24) is 0 Å². The van der Waals surface area contributed by atoms with Crippen molar-refractivity contribution in [1.29, 1.82) is 5.26 Å². The van der Waals surface area contributed by atoms with Crippen LogP contribution >= 0.6 is 0 Å². The van der Waals surface area contributed by atoms with E-state index in [1.807, 2.05) is 26.0 Å². The Morgan fingerprint density at radius 1 is 1.00 bits per heavy atom. The first-order valence-electron chi connectivity index (χ1n) is 14.5. The van der Waals surface area contributed by atoms with E-state index in [0.29, 0.717) is 0 Å². The van der Waals surface area contributed by atoms with Gasteiger partial charge in [0.05, 0.1) is 18.1 Å². The molecule has 5 aliphatic rings. The van der Waals surface area contributed by atoms with Crippen molar-refractivity contribution in [3.05, 3.63) is 23.3 Å². The maximum absolute atomic E-state index is 14.4. The molecule has 7 heteroatoms. The predicted molar refractivity (Wildman–Crippen MR) is 153 cm³/mol. The summed E-state index contributed by atoms with van der Waals surface area (Å²) in [6.45, 7) is 15.2. The second kappa shape index (κ2) is 9.91. The molecule has 5 aliphatic carbocycles. The van der Waals surface area contributed by atoms with Gasteiger partial charge in [0.1, 0.15) is 6.07 Å². The van der Waals surface area contributed by atoms with Gasteiger partial charge in [-0.15, -0.1) is 0 Å². The van der Waals surface area contributed by atoms with Gasteiger partial charge < -0.3 is 15.3 Å². The van der Waals surface area contributed by atoms with E-state index in [1.165, 1.54) is 7.11 Å². The number of allylic oxidation sites excluding steroid dienone is 4. The molecule has 0 spiro atoms. The Kier molecular flexibility index (Phi) is 7.98. The molecule has 7 nitrogen and oxygen atoms in total. The van der Waals surface area contributed by atoms with E-state index in [-0.39, 0.29) is 62.6 Å². The first-order valence-corrected chi connectivity index (χ1v) is 14.5. The minimum Gasteiger partial charge on any atom is -0.469 e. The Bertz CT molecular complexity index is 1210. The number of fused-ring (bicyclic) bond motifs is 7. The van der Waals surface area contributed by atoms with Crippen LogP contribution < -0.4 is 0 Å². The standard InChI is InChI=1S/C32H43NO4.CH4O.H2O/c1-27(2)11-13-32(26(36)37-8)14-12-31(7)24(20(32)17-27)21(34)15-23-29(5)16-19(18-33)25(35)28(3,4)22(29)9-10-30(23,31)6;1-2;/h15-16,20,22,24H,9-14,17H2,1-8H3;2H,1H3;1H2/t20-,22-,24-,29-,30+,31+,32-;;/m1../s1. The zero-order valence-electron chi connectivity index (χ0n) is 25.9. The first kappa shape index (κ1) is 32.2. The lowest BCUT2D eigenvalue weighted by molar-refractivity contribution is -0.191. The fourth-order valence-electron chi connectivity index (χ4n) is 10.2. The Morgan fingerprint density at radius 2 is 1.60 bits per heavy atom. The molecule has 3 saturated carbocycles. The highest BCUT2D eigenvalue weighted by molar-refractivity contribution is 6.04. The molecule has 3 fully saturated rings. The van der Waals surface area contributed by atoms with Crippen LogP contribution in [0, 0.1) is 61.6 Å². The zero-order valence-corrected chi connectivity index (χ0v) is 25.9. The summed E-state index contributed by atoms with van der Waals surface area (Å²) in [6, 6.07) is 2.17. The second-order valence-corrected chi connectivity index (χ2v) is 14.9. The molecule has 0 heterocycles. The van der Waals surface area contributed by atoms with Crippen molar-refractivity contribution in [3.8, 4) is 6.07 Å². The number of nitriles is 1. The van der Waals surface area contributed by atoms with Crippen LogP contribution in [0.3, 0.4) is 0 Å². The molecule has 7 atom stereocenters. The number of hydrogen-bond donors (Lipinski definition) is 1. The van der Waals surface area contributed by atoms with Crippen LogP contribution in [-0.2, 0) is 19.1 Å². The Balaban J connectivity index is 0.00000144. The molecule has 0 unspecified atom stereocenters. The molecule has 0 aromatic heterocycles. The van der Waals surface area contributed by atoms with Crippen molar-refractivity contribution in [2.75, 3.05) is 14.2 Å². The van der Waals surface area contributed by atoms with Crippen LogP contribution in [0.2, 0.25) is 0 Å². The van der Waals surface area contributed by atoms with E-state index in [9.17, 15) is 19.6 Å². The van der Waals surface area contributed by atoms with Crippen LogP contribution in [0.25, 0.3) is 0 Å². The molecular weight excluding hydrogens is 506 g/mol. The number of rotatable bonds is 1. The van der Waals surface area contributed by atoms with E-state index in [1.54, 1.807) is 0 Å². The maximum Gasteiger partial charge on any atom is 0.312 e. The molecule has 0 aliphatic heterocycles. The lowest BCUT2D eigenvalue weighted by Gasteiger charge is -2.68. The number of methoxy groups -OCH3 is 1. The summed E-state index contributed by atoms with van der Waals surface area (Å²) >= 11 is 0. The summed E-state index contributed by atoms with van der Waals surface area (Å²) in [5.74, 6) is -0.376. The summed E-state index contributed by atoms with van der Waals surface area (Å²) < 4.78 is 5.41. The molecule has 0 amide bonds. The number of ether oxygens (including phenoxy) is 1. The number of carbonyl (C=O) groups is 3. The number of ketones is 2. The highest BCUT2D eigenvalue weighted by atomic mass is 16.5. The molecule has 0 bridgehead atoms. The number of nitrogens with zero attached hydrogens (tertiary/aromatic N) is 1. The van der Waals surface area contributed by atoms with Gasteiger partial charge in [0, 0.05) is 23.9 Å². The molecule has 3 N–H and O–H groups in total. The van der Waals surface area contributed by atoms with Crippen molar-refractivity contribution in [2.24, 2.45) is 50.2 Å². The van der Waals surface area contributed by atoms with Crippen LogP contribution in [-0.4, -0.2) is 42.3 Å². The van der Waals surface area contributed by atoms with Gasteiger partial charge in [-0.3, -0.25) is 14.4 Å². The van der Waals surface area contributed by atoms with Gasteiger partial charge in [0.25, 0.3) is 0 Å². The molecule has 40 heavy (non-hydrogen) atoms. The Labute approximate surface area is 239 Å².